The number of rotatable bonds is 7. The van der Waals surface area contributed by atoms with Crippen LogP contribution in [0.3, 0.4) is 0 Å². The van der Waals surface area contributed by atoms with E-state index in [1.165, 1.54) is 49.7 Å². The van der Waals surface area contributed by atoms with E-state index in [1.807, 2.05) is 6.20 Å². The van der Waals surface area contributed by atoms with Gasteiger partial charge in [0, 0.05) is 6.54 Å². The van der Waals surface area contributed by atoms with Gasteiger partial charge in [-0.05, 0) is 61.3 Å². The van der Waals surface area contributed by atoms with Gasteiger partial charge in [-0.25, -0.2) is 0 Å². The number of fused-ring (bicyclic) bond motifs is 1. The van der Waals surface area contributed by atoms with Crippen molar-refractivity contribution in [2.45, 2.75) is 38.5 Å². The van der Waals surface area contributed by atoms with E-state index in [-0.39, 0.29) is 0 Å². The molecular formula is C18H23N. The molecule has 100 valence electrons. The summed E-state index contributed by atoms with van der Waals surface area (Å²) < 4.78 is 0. The van der Waals surface area contributed by atoms with Crippen LogP contribution in [0.5, 0.6) is 0 Å². The fourth-order valence-corrected chi connectivity index (χ4v) is 3.18. The van der Waals surface area contributed by atoms with Crippen molar-refractivity contribution in [3.05, 3.63) is 53.7 Å². The fourth-order valence-electron chi connectivity index (χ4n) is 3.18. The lowest BCUT2D eigenvalue weighted by molar-refractivity contribution is 0.424. The van der Waals surface area contributed by atoms with E-state index in [4.69, 9.17) is 0 Å². The van der Waals surface area contributed by atoms with Crippen LogP contribution in [0.15, 0.2) is 42.6 Å². The minimum absolute atomic E-state index is 0.644. The molecule has 1 fully saturated rings. The maximum Gasteiger partial charge on any atom is 0.0146 e. The Morgan fingerprint density at radius 2 is 2.05 bits per heavy atom. The van der Waals surface area contributed by atoms with E-state index in [9.17, 15) is 0 Å². The Morgan fingerprint density at radius 1 is 1.21 bits per heavy atom. The van der Waals surface area contributed by atoms with Crippen molar-refractivity contribution in [1.82, 2.24) is 5.32 Å². The van der Waals surface area contributed by atoms with Gasteiger partial charge in [-0.15, -0.1) is 0 Å². The summed E-state index contributed by atoms with van der Waals surface area (Å²) in [6.07, 6.45) is 12.2. The van der Waals surface area contributed by atoms with Crippen LogP contribution in [0, 0.1) is 5.41 Å². The number of hydrogen-bond acceptors (Lipinski definition) is 1. The van der Waals surface area contributed by atoms with Crippen molar-refractivity contribution in [2.75, 3.05) is 6.54 Å². The highest BCUT2D eigenvalue weighted by atomic mass is 14.8. The van der Waals surface area contributed by atoms with E-state index in [1.54, 1.807) is 5.57 Å². The maximum absolute atomic E-state index is 3.71. The van der Waals surface area contributed by atoms with Gasteiger partial charge in [-0.2, -0.15) is 0 Å². The highest BCUT2D eigenvalue weighted by Crippen LogP contribution is 2.53. The molecule has 0 heterocycles. The molecule has 2 aliphatic rings. The molecule has 0 aliphatic heterocycles. The second-order valence-electron chi connectivity index (χ2n) is 6.09. The van der Waals surface area contributed by atoms with E-state index in [2.05, 4.69) is 42.2 Å². The summed E-state index contributed by atoms with van der Waals surface area (Å²) in [5, 5.41) is 3.24. The second-order valence-corrected chi connectivity index (χ2v) is 6.09. The topological polar surface area (TPSA) is 12.0 Å². The molecule has 1 nitrogen and oxygen atoms in total. The van der Waals surface area contributed by atoms with Crippen LogP contribution in [-0.2, 0) is 6.42 Å². The van der Waals surface area contributed by atoms with Crippen LogP contribution >= 0.6 is 0 Å². The van der Waals surface area contributed by atoms with Crippen molar-refractivity contribution < 1.29 is 0 Å². The monoisotopic (exact) mass is 253 g/mol. The Kier molecular flexibility index (Phi) is 3.46. The summed E-state index contributed by atoms with van der Waals surface area (Å²) in [4.78, 5) is 0. The molecule has 1 aromatic rings. The minimum atomic E-state index is 0.644. The first kappa shape index (κ1) is 12.5. The van der Waals surface area contributed by atoms with Gasteiger partial charge in [0.25, 0.3) is 0 Å². The number of allylic oxidation sites excluding steroid dienone is 1. The minimum Gasteiger partial charge on any atom is -0.391 e. The first-order valence-electron chi connectivity index (χ1n) is 7.43. The van der Waals surface area contributed by atoms with E-state index >= 15 is 0 Å². The van der Waals surface area contributed by atoms with Gasteiger partial charge in [0.15, 0.2) is 0 Å². The van der Waals surface area contributed by atoms with Crippen LogP contribution < -0.4 is 5.32 Å². The molecule has 1 aromatic carbocycles. The molecule has 0 aromatic heterocycles. The molecular weight excluding hydrogens is 230 g/mol. The zero-order chi connectivity index (χ0) is 13.1. The Labute approximate surface area is 116 Å². The smallest absolute Gasteiger partial charge is 0.0146 e. The third kappa shape index (κ3) is 2.91. The molecule has 0 saturated heterocycles. The van der Waals surface area contributed by atoms with E-state index in [0.717, 1.165) is 6.54 Å². The average molecular weight is 253 g/mol. The van der Waals surface area contributed by atoms with E-state index in [0.29, 0.717) is 5.41 Å². The Morgan fingerprint density at radius 3 is 2.79 bits per heavy atom. The zero-order valence-electron chi connectivity index (χ0n) is 11.6. The fraction of sp³-hybridized carbons (Fsp3) is 0.444. The van der Waals surface area contributed by atoms with Crippen molar-refractivity contribution in [2.24, 2.45) is 5.41 Å². The third-order valence-corrected chi connectivity index (χ3v) is 4.71. The van der Waals surface area contributed by atoms with Gasteiger partial charge >= 0.3 is 0 Å². The van der Waals surface area contributed by atoms with Gasteiger partial charge in [0.2, 0.25) is 0 Å². The number of nitrogens with one attached hydrogen (secondary N) is 1. The van der Waals surface area contributed by atoms with Crippen molar-refractivity contribution >= 4 is 6.08 Å². The van der Waals surface area contributed by atoms with Crippen molar-refractivity contribution in [3.63, 3.8) is 0 Å². The largest absolute Gasteiger partial charge is 0.391 e. The predicted molar refractivity (Wildman–Crippen MR) is 81.8 cm³/mol. The predicted octanol–water partition coefficient (Wildman–Crippen LogP) is 4.31. The molecule has 1 N–H and O–H groups in total. The van der Waals surface area contributed by atoms with Crippen LogP contribution in [0.1, 0.15) is 43.2 Å². The molecule has 1 saturated carbocycles. The lowest BCUT2D eigenvalue weighted by Crippen LogP contribution is -2.13. The Balaban J connectivity index is 1.50. The molecule has 0 atom stereocenters. The van der Waals surface area contributed by atoms with Gasteiger partial charge in [-0.1, -0.05) is 42.5 Å². The lowest BCUT2D eigenvalue weighted by Gasteiger charge is -2.15. The normalized spacial score (nSPS) is 18.6. The highest BCUT2D eigenvalue weighted by molar-refractivity contribution is 5.63. The first-order valence-corrected chi connectivity index (χ1v) is 7.43. The van der Waals surface area contributed by atoms with Crippen LogP contribution in [-0.4, -0.2) is 6.54 Å². The molecule has 3 rings (SSSR count). The van der Waals surface area contributed by atoms with Crippen molar-refractivity contribution in [1.29, 1.82) is 0 Å². The van der Waals surface area contributed by atoms with E-state index < -0.39 is 0 Å². The Bertz CT molecular complexity index is 494. The summed E-state index contributed by atoms with van der Waals surface area (Å²) in [6.45, 7) is 4.80. The first-order chi connectivity index (χ1) is 9.31. The molecule has 1 heteroatoms. The lowest BCUT2D eigenvalue weighted by atomic mass is 9.93. The van der Waals surface area contributed by atoms with Gasteiger partial charge < -0.3 is 5.32 Å². The maximum atomic E-state index is 3.71. The highest BCUT2D eigenvalue weighted by Gasteiger charge is 2.41. The van der Waals surface area contributed by atoms with Crippen molar-refractivity contribution in [3.8, 4) is 0 Å². The summed E-state index contributed by atoms with van der Waals surface area (Å²) in [5.41, 5.74) is 5.22. The van der Waals surface area contributed by atoms with Crippen LogP contribution in [0.4, 0.5) is 0 Å². The SMILES string of the molecule is C=CNCCC1(CCC2=Cc3ccccc3C2)CC1. The molecule has 2 aliphatic carbocycles. The number of benzene rings is 1. The van der Waals surface area contributed by atoms with Gasteiger partial charge in [0.1, 0.15) is 0 Å². The van der Waals surface area contributed by atoms with Crippen LogP contribution in [0.25, 0.3) is 6.08 Å². The molecule has 0 unspecified atom stereocenters. The summed E-state index contributed by atoms with van der Waals surface area (Å²) >= 11 is 0. The summed E-state index contributed by atoms with van der Waals surface area (Å²) in [6, 6.07) is 8.80. The average Bonchev–Trinajstić information content (AvgIpc) is 3.07. The molecule has 0 spiro atoms. The van der Waals surface area contributed by atoms with Gasteiger partial charge in [0.05, 0.1) is 0 Å². The summed E-state index contributed by atoms with van der Waals surface area (Å²) in [5.74, 6) is 0. The number of hydrogen-bond donors (Lipinski definition) is 1. The zero-order valence-corrected chi connectivity index (χ0v) is 11.6. The molecule has 19 heavy (non-hydrogen) atoms. The standard InChI is InChI=1S/C18H23N/c1-2-19-12-11-18(9-10-18)8-7-15-13-16-5-3-4-6-17(16)14-15/h2-6,13,19H,1,7-12,14H2. The second kappa shape index (κ2) is 5.24. The molecule has 0 bridgehead atoms. The van der Waals surface area contributed by atoms with Crippen LogP contribution in [0.2, 0.25) is 0 Å². The quantitative estimate of drug-likeness (QED) is 0.714. The van der Waals surface area contributed by atoms with Gasteiger partial charge in [-0.3, -0.25) is 0 Å². The third-order valence-electron chi connectivity index (χ3n) is 4.71. The molecule has 0 radical (unpaired) electrons. The molecule has 0 amide bonds. The summed E-state index contributed by atoms with van der Waals surface area (Å²) in [7, 11) is 0. The Hall–Kier alpha value is -1.50.